The number of rotatable bonds is 1. The first kappa shape index (κ1) is 10.9. The number of hydrogen-bond donors (Lipinski definition) is 0. The first-order valence-corrected chi connectivity index (χ1v) is 5.03. The molecule has 0 fully saturated rings. The standard InChI is InChI=1S/C14H18/c1-5-6-7-12-8-10-13(11-9-12)14(2,3)4/h8-11H,7H2,1-4H3. The quantitative estimate of drug-likeness (QED) is 0.588. The molecule has 1 aromatic rings. The lowest BCUT2D eigenvalue weighted by Crippen LogP contribution is -2.10. The van der Waals surface area contributed by atoms with E-state index < -0.39 is 0 Å². The molecule has 0 radical (unpaired) electrons. The SMILES string of the molecule is CC#CCc1ccc(C(C)(C)C)cc1. The van der Waals surface area contributed by atoms with Crippen LogP contribution >= 0.6 is 0 Å². The van der Waals surface area contributed by atoms with Gasteiger partial charge in [-0.25, -0.2) is 0 Å². The second-order valence-corrected chi connectivity index (χ2v) is 4.55. The van der Waals surface area contributed by atoms with Gasteiger partial charge in [-0.1, -0.05) is 51.0 Å². The highest BCUT2D eigenvalue weighted by Crippen LogP contribution is 2.22. The Morgan fingerprint density at radius 3 is 2.07 bits per heavy atom. The molecule has 0 saturated heterocycles. The first-order valence-electron chi connectivity index (χ1n) is 5.03. The highest BCUT2D eigenvalue weighted by Gasteiger charge is 2.12. The molecule has 0 aromatic heterocycles. The molecule has 0 aliphatic heterocycles. The molecule has 0 aliphatic carbocycles. The molecule has 14 heavy (non-hydrogen) atoms. The lowest BCUT2D eigenvalue weighted by Gasteiger charge is -2.18. The van der Waals surface area contributed by atoms with E-state index in [1.54, 1.807) is 0 Å². The molecule has 0 aliphatic rings. The van der Waals surface area contributed by atoms with Crippen LogP contribution in [0.3, 0.4) is 0 Å². The zero-order valence-electron chi connectivity index (χ0n) is 9.52. The summed E-state index contributed by atoms with van der Waals surface area (Å²) in [6, 6.07) is 8.75. The van der Waals surface area contributed by atoms with Crippen molar-refractivity contribution in [2.45, 2.75) is 39.5 Å². The molecule has 0 heterocycles. The van der Waals surface area contributed by atoms with Gasteiger partial charge in [0.2, 0.25) is 0 Å². The van der Waals surface area contributed by atoms with Crippen LogP contribution in [0.4, 0.5) is 0 Å². The summed E-state index contributed by atoms with van der Waals surface area (Å²) in [5, 5.41) is 0. The Labute approximate surface area is 87.4 Å². The Morgan fingerprint density at radius 2 is 1.64 bits per heavy atom. The van der Waals surface area contributed by atoms with Crippen molar-refractivity contribution in [3.63, 3.8) is 0 Å². The smallest absolute Gasteiger partial charge is 0.0340 e. The summed E-state index contributed by atoms with van der Waals surface area (Å²) in [5.74, 6) is 5.98. The van der Waals surface area contributed by atoms with Gasteiger partial charge in [0.15, 0.2) is 0 Å². The monoisotopic (exact) mass is 186 g/mol. The third kappa shape index (κ3) is 2.92. The maximum Gasteiger partial charge on any atom is 0.0340 e. The van der Waals surface area contributed by atoms with Crippen molar-refractivity contribution in [3.05, 3.63) is 35.4 Å². The molecule has 1 rings (SSSR count). The molecule has 0 amide bonds. The molecule has 74 valence electrons. The fourth-order valence-electron chi connectivity index (χ4n) is 1.31. The lowest BCUT2D eigenvalue weighted by molar-refractivity contribution is 0.590. The molecule has 0 nitrogen and oxygen atoms in total. The van der Waals surface area contributed by atoms with Crippen LogP contribution in [0, 0.1) is 11.8 Å². The Hall–Kier alpha value is -1.22. The molecule has 0 bridgehead atoms. The van der Waals surface area contributed by atoms with E-state index in [-0.39, 0.29) is 5.41 Å². The minimum atomic E-state index is 0.245. The zero-order valence-corrected chi connectivity index (χ0v) is 9.52. The third-order valence-corrected chi connectivity index (χ3v) is 2.29. The van der Waals surface area contributed by atoms with Gasteiger partial charge < -0.3 is 0 Å². The van der Waals surface area contributed by atoms with Gasteiger partial charge in [-0.05, 0) is 23.5 Å². The van der Waals surface area contributed by atoms with Gasteiger partial charge in [0.25, 0.3) is 0 Å². The van der Waals surface area contributed by atoms with Crippen molar-refractivity contribution in [2.75, 3.05) is 0 Å². The van der Waals surface area contributed by atoms with Gasteiger partial charge in [-0.3, -0.25) is 0 Å². The van der Waals surface area contributed by atoms with Gasteiger partial charge in [0.05, 0.1) is 0 Å². The van der Waals surface area contributed by atoms with Crippen LogP contribution in [0.2, 0.25) is 0 Å². The molecule has 0 saturated carbocycles. The molecular formula is C14H18. The largest absolute Gasteiger partial charge is 0.106 e. The maximum atomic E-state index is 3.07. The van der Waals surface area contributed by atoms with E-state index in [0.29, 0.717) is 0 Å². The van der Waals surface area contributed by atoms with E-state index in [0.717, 1.165) is 6.42 Å². The molecular weight excluding hydrogens is 168 g/mol. The van der Waals surface area contributed by atoms with Crippen LogP contribution in [0.15, 0.2) is 24.3 Å². The fraction of sp³-hybridized carbons (Fsp3) is 0.429. The minimum Gasteiger partial charge on any atom is -0.106 e. The molecule has 0 unspecified atom stereocenters. The number of benzene rings is 1. The Bertz CT molecular complexity index is 338. The van der Waals surface area contributed by atoms with E-state index in [2.05, 4.69) is 56.9 Å². The highest BCUT2D eigenvalue weighted by molar-refractivity contribution is 5.29. The van der Waals surface area contributed by atoms with Crippen LogP contribution in [0.25, 0.3) is 0 Å². The van der Waals surface area contributed by atoms with Crippen molar-refractivity contribution in [3.8, 4) is 11.8 Å². The molecule has 0 atom stereocenters. The van der Waals surface area contributed by atoms with Gasteiger partial charge in [0, 0.05) is 6.42 Å². The fourth-order valence-corrected chi connectivity index (χ4v) is 1.31. The average molecular weight is 186 g/mol. The Kier molecular flexibility index (Phi) is 3.36. The second kappa shape index (κ2) is 4.33. The Morgan fingerprint density at radius 1 is 1.07 bits per heavy atom. The second-order valence-electron chi connectivity index (χ2n) is 4.55. The summed E-state index contributed by atoms with van der Waals surface area (Å²) < 4.78 is 0. The molecule has 0 N–H and O–H groups in total. The predicted octanol–water partition coefficient (Wildman–Crippen LogP) is 3.55. The zero-order chi connectivity index (χ0) is 10.6. The Balaban J connectivity index is 2.82. The summed E-state index contributed by atoms with van der Waals surface area (Å²) in [5.41, 5.74) is 2.92. The van der Waals surface area contributed by atoms with Crippen LogP contribution in [0.1, 0.15) is 38.8 Å². The van der Waals surface area contributed by atoms with Crippen LogP contribution in [-0.2, 0) is 11.8 Å². The normalized spacial score (nSPS) is 10.6. The minimum absolute atomic E-state index is 0.245. The summed E-state index contributed by atoms with van der Waals surface area (Å²) in [7, 11) is 0. The van der Waals surface area contributed by atoms with Crippen molar-refractivity contribution >= 4 is 0 Å². The van der Waals surface area contributed by atoms with E-state index in [9.17, 15) is 0 Å². The summed E-state index contributed by atoms with van der Waals surface area (Å²) in [6.07, 6.45) is 0.862. The van der Waals surface area contributed by atoms with Gasteiger partial charge >= 0.3 is 0 Å². The van der Waals surface area contributed by atoms with E-state index in [1.165, 1.54) is 11.1 Å². The average Bonchev–Trinajstić information content (AvgIpc) is 2.14. The lowest BCUT2D eigenvalue weighted by atomic mass is 9.86. The highest BCUT2D eigenvalue weighted by atomic mass is 14.2. The van der Waals surface area contributed by atoms with Gasteiger partial charge in [0.1, 0.15) is 0 Å². The molecule has 1 aromatic carbocycles. The molecule has 0 heteroatoms. The first-order chi connectivity index (χ1) is 6.54. The predicted molar refractivity (Wildman–Crippen MR) is 62.3 cm³/mol. The van der Waals surface area contributed by atoms with Crippen molar-refractivity contribution in [1.29, 1.82) is 0 Å². The van der Waals surface area contributed by atoms with Gasteiger partial charge in [-0.15, -0.1) is 5.92 Å². The van der Waals surface area contributed by atoms with Crippen molar-refractivity contribution < 1.29 is 0 Å². The van der Waals surface area contributed by atoms with Crippen LogP contribution < -0.4 is 0 Å². The number of hydrogen-bond acceptors (Lipinski definition) is 0. The van der Waals surface area contributed by atoms with E-state index in [4.69, 9.17) is 0 Å². The summed E-state index contributed by atoms with van der Waals surface area (Å²) in [4.78, 5) is 0. The maximum absolute atomic E-state index is 3.07. The van der Waals surface area contributed by atoms with Crippen LogP contribution in [-0.4, -0.2) is 0 Å². The topological polar surface area (TPSA) is 0 Å². The van der Waals surface area contributed by atoms with Crippen molar-refractivity contribution in [1.82, 2.24) is 0 Å². The van der Waals surface area contributed by atoms with E-state index >= 15 is 0 Å². The summed E-state index contributed by atoms with van der Waals surface area (Å²) >= 11 is 0. The van der Waals surface area contributed by atoms with Crippen LogP contribution in [0.5, 0.6) is 0 Å². The third-order valence-electron chi connectivity index (χ3n) is 2.29. The van der Waals surface area contributed by atoms with Gasteiger partial charge in [-0.2, -0.15) is 0 Å². The van der Waals surface area contributed by atoms with Crippen molar-refractivity contribution in [2.24, 2.45) is 0 Å². The summed E-state index contributed by atoms with van der Waals surface area (Å²) in [6.45, 7) is 8.57. The molecule has 0 spiro atoms. The van der Waals surface area contributed by atoms with E-state index in [1.807, 2.05) is 6.92 Å².